The molecular formula is C16H10F3NO6S. The molecule has 1 aliphatic heterocycles. The molecule has 0 N–H and O–H groups in total. The number of halogens is 3. The summed E-state index contributed by atoms with van der Waals surface area (Å²) in [6.07, 6.45) is 1.65. The van der Waals surface area contributed by atoms with E-state index in [1.165, 1.54) is 18.2 Å². The van der Waals surface area contributed by atoms with Crippen LogP contribution in [0.25, 0.3) is 10.8 Å². The maximum atomic E-state index is 12.6. The van der Waals surface area contributed by atoms with Crippen molar-refractivity contribution in [1.29, 1.82) is 0 Å². The lowest BCUT2D eigenvalue weighted by Gasteiger charge is -2.26. The van der Waals surface area contributed by atoms with E-state index in [1.807, 2.05) is 0 Å². The predicted molar refractivity (Wildman–Crippen MR) is 84.2 cm³/mol. The Kier molecular flexibility index (Phi) is 3.72. The number of carbonyl (C=O) groups is 2. The fourth-order valence-electron chi connectivity index (χ4n) is 2.71. The standard InChI is InChI=1S/C16H10F3NO6S/c17-16(18,19)27(23,24)26-20-14(21)11-3-1-2-8-6-10(25-9-4-5-9)7-12(13(8)11)15(20)22/h1-3,6-7,9H,4-5H2. The van der Waals surface area contributed by atoms with Gasteiger partial charge in [0.1, 0.15) is 5.75 Å². The molecular weight excluding hydrogens is 391 g/mol. The minimum Gasteiger partial charge on any atom is -0.490 e. The number of ether oxygens (including phenoxy) is 1. The highest BCUT2D eigenvalue weighted by atomic mass is 32.2. The van der Waals surface area contributed by atoms with Crippen LogP contribution in [-0.2, 0) is 14.4 Å². The van der Waals surface area contributed by atoms with Gasteiger partial charge in [-0.05, 0) is 36.4 Å². The highest BCUT2D eigenvalue weighted by Crippen LogP contribution is 2.37. The topological polar surface area (TPSA) is 90.0 Å². The number of hydrogen-bond acceptors (Lipinski definition) is 6. The maximum absolute atomic E-state index is 12.6. The number of imide groups is 1. The van der Waals surface area contributed by atoms with E-state index >= 15 is 0 Å². The quantitative estimate of drug-likeness (QED) is 0.578. The lowest BCUT2D eigenvalue weighted by molar-refractivity contribution is -0.0761. The molecule has 2 aliphatic rings. The van der Waals surface area contributed by atoms with Crippen molar-refractivity contribution in [3.8, 4) is 5.75 Å². The third kappa shape index (κ3) is 2.92. The molecule has 2 aromatic rings. The number of rotatable bonds is 4. The van der Waals surface area contributed by atoms with Gasteiger partial charge in [-0.25, -0.2) is 0 Å². The van der Waals surface area contributed by atoms with Crippen LogP contribution >= 0.6 is 0 Å². The van der Waals surface area contributed by atoms with Gasteiger partial charge in [0.15, 0.2) is 0 Å². The van der Waals surface area contributed by atoms with Gasteiger partial charge in [0, 0.05) is 5.39 Å². The first-order chi connectivity index (χ1) is 12.6. The lowest BCUT2D eigenvalue weighted by Crippen LogP contribution is -2.44. The second-order valence-electron chi connectivity index (χ2n) is 6.07. The van der Waals surface area contributed by atoms with Crippen LogP contribution in [0, 0.1) is 0 Å². The zero-order valence-electron chi connectivity index (χ0n) is 13.3. The van der Waals surface area contributed by atoms with E-state index in [-0.39, 0.29) is 27.7 Å². The molecule has 1 saturated carbocycles. The Hall–Kier alpha value is -2.66. The molecule has 142 valence electrons. The third-order valence-electron chi connectivity index (χ3n) is 4.06. The summed E-state index contributed by atoms with van der Waals surface area (Å²) >= 11 is 0. The smallest absolute Gasteiger partial charge is 0.490 e. The molecule has 2 amide bonds. The number of hydroxylamine groups is 2. The Balaban J connectivity index is 1.83. The van der Waals surface area contributed by atoms with E-state index in [0.717, 1.165) is 12.8 Å². The van der Waals surface area contributed by atoms with Crippen molar-refractivity contribution in [1.82, 2.24) is 5.06 Å². The van der Waals surface area contributed by atoms with Gasteiger partial charge in [0.05, 0.1) is 17.2 Å². The minimum absolute atomic E-state index is 0.0175. The van der Waals surface area contributed by atoms with Crippen LogP contribution in [0.15, 0.2) is 30.3 Å². The zero-order chi connectivity index (χ0) is 19.6. The number of amides is 2. The summed E-state index contributed by atoms with van der Waals surface area (Å²) in [5, 5.41) is 0.265. The summed E-state index contributed by atoms with van der Waals surface area (Å²) in [4.78, 5) is 25.0. The molecule has 7 nitrogen and oxygen atoms in total. The number of carbonyl (C=O) groups excluding carboxylic acids is 2. The molecule has 27 heavy (non-hydrogen) atoms. The Labute approximate surface area is 150 Å². The Morgan fingerprint density at radius 1 is 1.04 bits per heavy atom. The molecule has 0 unspecified atom stereocenters. The monoisotopic (exact) mass is 401 g/mol. The molecule has 0 spiro atoms. The van der Waals surface area contributed by atoms with Crippen LogP contribution in [0.1, 0.15) is 33.6 Å². The highest BCUT2D eigenvalue weighted by Gasteiger charge is 2.51. The van der Waals surface area contributed by atoms with Gasteiger partial charge in [-0.15, -0.1) is 9.35 Å². The molecule has 0 radical (unpaired) electrons. The first-order valence-corrected chi connectivity index (χ1v) is 9.12. The number of nitrogens with zero attached hydrogens (tertiary/aromatic N) is 1. The van der Waals surface area contributed by atoms with Gasteiger partial charge in [0.2, 0.25) is 0 Å². The van der Waals surface area contributed by atoms with Crippen molar-refractivity contribution in [3.05, 3.63) is 41.5 Å². The molecule has 0 bridgehead atoms. The molecule has 1 heterocycles. The molecule has 4 rings (SSSR count). The predicted octanol–water partition coefficient (Wildman–Crippen LogP) is 2.76. The summed E-state index contributed by atoms with van der Waals surface area (Å²) in [5.74, 6) is -2.34. The average Bonchev–Trinajstić information content (AvgIpc) is 3.39. The van der Waals surface area contributed by atoms with Crippen molar-refractivity contribution in [2.24, 2.45) is 0 Å². The molecule has 0 saturated heterocycles. The lowest BCUT2D eigenvalue weighted by atomic mass is 9.95. The van der Waals surface area contributed by atoms with E-state index in [4.69, 9.17) is 4.74 Å². The third-order valence-corrected chi connectivity index (χ3v) is 4.98. The maximum Gasteiger partial charge on any atom is 0.525 e. The largest absolute Gasteiger partial charge is 0.525 e. The van der Waals surface area contributed by atoms with E-state index in [2.05, 4.69) is 4.28 Å². The fourth-order valence-corrected chi connectivity index (χ4v) is 3.13. The summed E-state index contributed by atoms with van der Waals surface area (Å²) in [5.41, 5.74) is -6.13. The van der Waals surface area contributed by atoms with Crippen molar-refractivity contribution >= 4 is 32.7 Å². The molecule has 2 aromatic carbocycles. The SMILES string of the molecule is O=C1c2cccc3cc(OC4CC4)cc(c23)C(=O)N1OS(=O)(=O)C(F)(F)F. The number of benzene rings is 2. The second kappa shape index (κ2) is 5.67. The van der Waals surface area contributed by atoms with Crippen LogP contribution in [0.3, 0.4) is 0 Å². The summed E-state index contributed by atoms with van der Waals surface area (Å²) in [6.45, 7) is 0. The summed E-state index contributed by atoms with van der Waals surface area (Å²) in [6, 6.07) is 7.18. The normalized spacial score (nSPS) is 17.5. The summed E-state index contributed by atoms with van der Waals surface area (Å²) in [7, 11) is -6.20. The van der Waals surface area contributed by atoms with E-state index in [9.17, 15) is 31.2 Å². The van der Waals surface area contributed by atoms with Gasteiger partial charge >= 0.3 is 15.6 Å². The summed E-state index contributed by atoms with van der Waals surface area (Å²) < 4.78 is 69.8. The van der Waals surface area contributed by atoms with Crippen molar-refractivity contribution in [2.45, 2.75) is 24.5 Å². The fraction of sp³-hybridized carbons (Fsp3) is 0.250. The first kappa shape index (κ1) is 17.7. The van der Waals surface area contributed by atoms with Crippen molar-refractivity contribution in [2.75, 3.05) is 0 Å². The Bertz CT molecular complexity index is 1090. The number of alkyl halides is 3. The Morgan fingerprint density at radius 2 is 1.70 bits per heavy atom. The highest BCUT2D eigenvalue weighted by molar-refractivity contribution is 7.87. The van der Waals surface area contributed by atoms with Crippen LogP contribution in [0.5, 0.6) is 5.75 Å². The second-order valence-corrected chi connectivity index (χ2v) is 7.59. The minimum atomic E-state index is -6.20. The molecule has 0 aromatic heterocycles. The molecule has 1 fully saturated rings. The van der Waals surface area contributed by atoms with Gasteiger partial charge in [-0.1, -0.05) is 12.1 Å². The molecule has 1 aliphatic carbocycles. The van der Waals surface area contributed by atoms with Gasteiger partial charge < -0.3 is 4.74 Å². The Morgan fingerprint density at radius 3 is 2.33 bits per heavy atom. The van der Waals surface area contributed by atoms with Crippen molar-refractivity contribution in [3.63, 3.8) is 0 Å². The van der Waals surface area contributed by atoms with Crippen LogP contribution in [-0.4, -0.2) is 36.9 Å². The van der Waals surface area contributed by atoms with Gasteiger partial charge in [-0.3, -0.25) is 9.59 Å². The number of hydrogen-bond donors (Lipinski definition) is 0. The van der Waals surface area contributed by atoms with E-state index in [0.29, 0.717) is 11.1 Å². The van der Waals surface area contributed by atoms with Gasteiger partial charge in [0.25, 0.3) is 11.8 Å². The van der Waals surface area contributed by atoms with Crippen molar-refractivity contribution < 1.29 is 40.2 Å². The van der Waals surface area contributed by atoms with E-state index in [1.54, 1.807) is 12.1 Å². The molecule has 0 atom stereocenters. The first-order valence-electron chi connectivity index (χ1n) is 7.71. The van der Waals surface area contributed by atoms with Gasteiger partial charge in [-0.2, -0.15) is 21.6 Å². The van der Waals surface area contributed by atoms with Crippen LogP contribution < -0.4 is 4.74 Å². The van der Waals surface area contributed by atoms with E-state index < -0.39 is 27.4 Å². The zero-order valence-corrected chi connectivity index (χ0v) is 14.1. The van der Waals surface area contributed by atoms with Crippen LogP contribution in [0.4, 0.5) is 13.2 Å². The average molecular weight is 401 g/mol. The van der Waals surface area contributed by atoms with Crippen LogP contribution in [0.2, 0.25) is 0 Å². The molecule has 11 heteroatoms.